The predicted molar refractivity (Wildman–Crippen MR) is 92.5 cm³/mol. The van der Waals surface area contributed by atoms with Crippen molar-refractivity contribution < 1.29 is 17.7 Å². The van der Waals surface area contributed by atoms with Crippen LogP contribution in [-0.4, -0.2) is 19.9 Å². The number of benzene rings is 2. The number of rotatable bonds is 7. The summed E-state index contributed by atoms with van der Waals surface area (Å²) in [5.74, 6) is -0.656. The predicted octanol–water partition coefficient (Wildman–Crippen LogP) is 3.38. The van der Waals surface area contributed by atoms with Gasteiger partial charge in [-0.15, -0.1) is 0 Å². The molecule has 0 fully saturated rings. The first-order valence-corrected chi connectivity index (χ1v) is 9.21. The molecule has 0 atom stereocenters. The maximum Gasteiger partial charge on any atom is 0.306 e. The molecule has 2 rings (SSSR count). The molecule has 0 aliphatic rings. The van der Waals surface area contributed by atoms with Gasteiger partial charge in [-0.2, -0.15) is 4.39 Å². The van der Waals surface area contributed by atoms with Crippen molar-refractivity contribution in [2.45, 2.75) is 31.1 Å². The van der Waals surface area contributed by atoms with Gasteiger partial charge < -0.3 is 0 Å². The van der Waals surface area contributed by atoms with Crippen molar-refractivity contribution in [3.05, 3.63) is 69.5 Å². The van der Waals surface area contributed by atoms with Crippen molar-refractivity contribution in [3.63, 3.8) is 0 Å². The van der Waals surface area contributed by atoms with Gasteiger partial charge in [0, 0.05) is 12.6 Å². The van der Waals surface area contributed by atoms with E-state index in [1.807, 2.05) is 24.3 Å². The Labute approximate surface area is 145 Å². The SMILES string of the molecule is CC(C)c1ccc(CCNS(=O)(=O)c2ccc(F)c([N+](=O)[O-])c2)cc1. The quantitative estimate of drug-likeness (QED) is 0.601. The summed E-state index contributed by atoms with van der Waals surface area (Å²) in [6, 6.07) is 10.4. The van der Waals surface area contributed by atoms with Crippen molar-refractivity contribution in [2.24, 2.45) is 0 Å². The van der Waals surface area contributed by atoms with Crippen LogP contribution in [0.5, 0.6) is 0 Å². The fourth-order valence-electron chi connectivity index (χ4n) is 2.28. The number of halogens is 1. The van der Waals surface area contributed by atoms with Crippen molar-refractivity contribution in [3.8, 4) is 0 Å². The molecule has 0 heterocycles. The molecular formula is C17H19FN2O4S. The molecule has 0 aromatic heterocycles. The Morgan fingerprint density at radius 1 is 1.16 bits per heavy atom. The number of hydrogen-bond acceptors (Lipinski definition) is 4. The van der Waals surface area contributed by atoms with E-state index in [1.54, 1.807) is 0 Å². The van der Waals surface area contributed by atoms with Crippen LogP contribution in [0.15, 0.2) is 47.4 Å². The van der Waals surface area contributed by atoms with Gasteiger partial charge in [0.15, 0.2) is 0 Å². The molecule has 0 aliphatic carbocycles. The third-order valence-electron chi connectivity index (χ3n) is 3.78. The van der Waals surface area contributed by atoms with E-state index in [9.17, 15) is 22.9 Å². The summed E-state index contributed by atoms with van der Waals surface area (Å²) < 4.78 is 40.1. The van der Waals surface area contributed by atoms with Gasteiger partial charge in [0.2, 0.25) is 15.8 Å². The minimum absolute atomic E-state index is 0.133. The lowest BCUT2D eigenvalue weighted by atomic mass is 10.0. The zero-order valence-electron chi connectivity index (χ0n) is 13.9. The fourth-order valence-corrected chi connectivity index (χ4v) is 3.33. The standard InChI is InChI=1S/C17H19FN2O4S/c1-12(2)14-5-3-13(4-6-14)9-10-19-25(23,24)15-7-8-16(18)17(11-15)20(21)22/h3-8,11-12,19H,9-10H2,1-2H3. The first-order chi connectivity index (χ1) is 11.7. The fraction of sp³-hybridized carbons (Fsp3) is 0.294. The molecule has 0 saturated heterocycles. The molecular weight excluding hydrogens is 347 g/mol. The number of nitrogens with one attached hydrogen (secondary N) is 1. The van der Waals surface area contributed by atoms with Crippen molar-refractivity contribution in [1.29, 1.82) is 0 Å². The molecule has 8 heteroatoms. The van der Waals surface area contributed by atoms with Crippen LogP contribution in [0.3, 0.4) is 0 Å². The van der Waals surface area contributed by atoms with E-state index in [1.165, 1.54) is 5.56 Å². The molecule has 1 N–H and O–H groups in total. The van der Waals surface area contributed by atoms with Crippen LogP contribution in [0, 0.1) is 15.9 Å². The number of nitro groups is 1. The third-order valence-corrected chi connectivity index (χ3v) is 5.24. The van der Waals surface area contributed by atoms with Gasteiger partial charge in [0.25, 0.3) is 0 Å². The molecule has 2 aromatic carbocycles. The molecule has 0 spiro atoms. The average Bonchev–Trinajstić information content (AvgIpc) is 2.55. The van der Waals surface area contributed by atoms with Crippen LogP contribution in [0.25, 0.3) is 0 Å². The molecule has 0 unspecified atom stereocenters. The Morgan fingerprint density at radius 3 is 2.36 bits per heavy atom. The molecule has 2 aromatic rings. The van der Waals surface area contributed by atoms with Gasteiger partial charge in [-0.25, -0.2) is 13.1 Å². The second kappa shape index (κ2) is 7.71. The van der Waals surface area contributed by atoms with E-state index >= 15 is 0 Å². The highest BCUT2D eigenvalue weighted by Gasteiger charge is 2.21. The number of nitrogens with zero attached hydrogens (tertiary/aromatic N) is 1. The van der Waals surface area contributed by atoms with Crippen LogP contribution < -0.4 is 4.72 Å². The number of hydrogen-bond donors (Lipinski definition) is 1. The zero-order valence-corrected chi connectivity index (χ0v) is 14.7. The monoisotopic (exact) mass is 366 g/mol. The second-order valence-electron chi connectivity index (χ2n) is 5.91. The number of nitro benzene ring substituents is 1. The van der Waals surface area contributed by atoms with Crippen LogP contribution in [0.4, 0.5) is 10.1 Å². The molecule has 0 radical (unpaired) electrons. The second-order valence-corrected chi connectivity index (χ2v) is 7.68. The van der Waals surface area contributed by atoms with E-state index < -0.39 is 26.5 Å². The van der Waals surface area contributed by atoms with Crippen molar-refractivity contribution in [2.75, 3.05) is 6.54 Å². The molecule has 0 bridgehead atoms. The summed E-state index contributed by atoms with van der Waals surface area (Å²) in [5, 5.41) is 10.7. The Bertz CT molecular complexity index is 865. The smallest absolute Gasteiger partial charge is 0.258 e. The van der Waals surface area contributed by atoms with E-state index in [0.29, 0.717) is 12.3 Å². The molecule has 0 amide bonds. The lowest BCUT2D eigenvalue weighted by Crippen LogP contribution is -2.26. The lowest BCUT2D eigenvalue weighted by Gasteiger charge is -2.09. The van der Waals surface area contributed by atoms with E-state index in [2.05, 4.69) is 18.6 Å². The van der Waals surface area contributed by atoms with Gasteiger partial charge in [0.1, 0.15) is 0 Å². The van der Waals surface area contributed by atoms with E-state index in [-0.39, 0.29) is 11.4 Å². The van der Waals surface area contributed by atoms with Crippen LogP contribution >= 0.6 is 0 Å². The highest BCUT2D eigenvalue weighted by Crippen LogP contribution is 2.21. The summed E-state index contributed by atoms with van der Waals surface area (Å²) >= 11 is 0. The first kappa shape index (κ1) is 19.0. The van der Waals surface area contributed by atoms with Gasteiger partial charge in [-0.1, -0.05) is 38.1 Å². The van der Waals surface area contributed by atoms with Gasteiger partial charge in [0.05, 0.1) is 9.82 Å². The highest BCUT2D eigenvalue weighted by atomic mass is 32.2. The summed E-state index contributed by atoms with van der Waals surface area (Å²) in [4.78, 5) is 9.43. The minimum atomic E-state index is -3.95. The zero-order chi connectivity index (χ0) is 18.6. The molecule has 0 saturated carbocycles. The topological polar surface area (TPSA) is 89.3 Å². The minimum Gasteiger partial charge on any atom is -0.258 e. The van der Waals surface area contributed by atoms with Crippen molar-refractivity contribution >= 4 is 15.7 Å². The summed E-state index contributed by atoms with van der Waals surface area (Å²) in [6.45, 7) is 4.31. The highest BCUT2D eigenvalue weighted by molar-refractivity contribution is 7.89. The normalized spacial score (nSPS) is 11.7. The van der Waals surface area contributed by atoms with Gasteiger partial charge >= 0.3 is 5.69 Å². The maximum absolute atomic E-state index is 13.3. The summed E-state index contributed by atoms with van der Waals surface area (Å²) in [6.07, 6.45) is 0.473. The van der Waals surface area contributed by atoms with E-state index in [4.69, 9.17) is 0 Å². The van der Waals surface area contributed by atoms with Crippen LogP contribution in [0.1, 0.15) is 30.9 Å². The van der Waals surface area contributed by atoms with E-state index in [0.717, 1.165) is 23.8 Å². The Morgan fingerprint density at radius 2 is 1.80 bits per heavy atom. The maximum atomic E-state index is 13.3. The molecule has 0 aliphatic heterocycles. The Balaban J connectivity index is 2.04. The average molecular weight is 366 g/mol. The van der Waals surface area contributed by atoms with Crippen molar-refractivity contribution in [1.82, 2.24) is 4.72 Å². The van der Waals surface area contributed by atoms with Crippen LogP contribution in [0.2, 0.25) is 0 Å². The number of sulfonamides is 1. The summed E-state index contributed by atoms with van der Waals surface area (Å²) in [7, 11) is -3.95. The Kier molecular flexibility index (Phi) is 5.86. The summed E-state index contributed by atoms with van der Waals surface area (Å²) in [5.41, 5.74) is 1.30. The Hall–Kier alpha value is -2.32. The third kappa shape index (κ3) is 4.83. The van der Waals surface area contributed by atoms with Gasteiger partial charge in [-0.05, 0) is 35.6 Å². The molecule has 25 heavy (non-hydrogen) atoms. The van der Waals surface area contributed by atoms with Gasteiger partial charge in [-0.3, -0.25) is 10.1 Å². The molecule has 6 nitrogen and oxygen atoms in total. The first-order valence-electron chi connectivity index (χ1n) is 7.73. The van der Waals surface area contributed by atoms with Crippen LogP contribution in [-0.2, 0) is 16.4 Å². The lowest BCUT2D eigenvalue weighted by molar-refractivity contribution is -0.387. The molecule has 134 valence electrons. The largest absolute Gasteiger partial charge is 0.306 e.